The number of carbonyl (C=O) groups is 1. The van der Waals surface area contributed by atoms with Crippen LogP contribution in [0.3, 0.4) is 0 Å². The number of nitrogens with one attached hydrogen (secondary N) is 1. The summed E-state index contributed by atoms with van der Waals surface area (Å²) in [4.78, 5) is 19.6. The molecule has 1 aromatic carbocycles. The highest BCUT2D eigenvalue weighted by Crippen LogP contribution is 2.37. The van der Waals surface area contributed by atoms with Crippen LogP contribution in [0.15, 0.2) is 23.2 Å². The number of esters is 1. The Morgan fingerprint density at radius 3 is 3.08 bits per heavy atom. The summed E-state index contributed by atoms with van der Waals surface area (Å²) in [6.45, 7) is 4.05. The van der Waals surface area contributed by atoms with E-state index in [4.69, 9.17) is 4.74 Å². The molecule has 0 bridgehead atoms. The van der Waals surface area contributed by atoms with E-state index in [-0.39, 0.29) is 11.7 Å². The largest absolute Gasteiger partial charge is 0.507 e. The van der Waals surface area contributed by atoms with Crippen LogP contribution < -0.4 is 4.90 Å². The number of aliphatic imine (C=N–C) groups is 1. The lowest BCUT2D eigenvalue weighted by atomic mass is 10.0. The van der Waals surface area contributed by atoms with Crippen LogP contribution in [0.25, 0.3) is 0 Å². The number of nitrogens with zero attached hydrogens (tertiary/aromatic N) is 1. The molecule has 0 spiro atoms. The van der Waals surface area contributed by atoms with Crippen LogP contribution in [0.5, 0.6) is 5.75 Å². The molecule has 1 aliphatic rings. The summed E-state index contributed by atoms with van der Waals surface area (Å²) < 4.78 is 6.26. The lowest BCUT2D eigenvalue weighted by molar-refractivity contribution is -0.895. The highest BCUT2D eigenvalue weighted by Gasteiger charge is 2.29. The first-order valence-electron chi connectivity index (χ1n) is 8.15. The van der Waals surface area contributed by atoms with Gasteiger partial charge >= 0.3 is 5.97 Å². The molecule has 2 N–H and O–H groups in total. The Hall–Kier alpha value is -1.45. The van der Waals surface area contributed by atoms with Gasteiger partial charge in [0.05, 0.1) is 25.1 Å². The van der Waals surface area contributed by atoms with Crippen LogP contribution in [-0.2, 0) is 17.7 Å². The van der Waals surface area contributed by atoms with Crippen molar-refractivity contribution in [1.29, 1.82) is 0 Å². The maximum absolute atomic E-state index is 12.5. The van der Waals surface area contributed by atoms with Crippen molar-refractivity contribution in [2.75, 3.05) is 20.2 Å². The number of rotatable bonds is 4. The number of halogens is 1. The monoisotopic (exact) mass is 471 g/mol. The fourth-order valence-electron chi connectivity index (χ4n) is 2.87. The van der Waals surface area contributed by atoms with Crippen LogP contribution in [-0.4, -0.2) is 37.5 Å². The van der Waals surface area contributed by atoms with Gasteiger partial charge in [0.15, 0.2) is 0 Å². The molecule has 5 nitrogen and oxygen atoms in total. The van der Waals surface area contributed by atoms with Crippen LogP contribution in [0.4, 0.5) is 5.00 Å². The zero-order valence-electron chi connectivity index (χ0n) is 14.1. The van der Waals surface area contributed by atoms with Gasteiger partial charge in [-0.15, -0.1) is 11.3 Å². The Bertz CT molecular complexity index is 832. The molecule has 3 rings (SSSR count). The summed E-state index contributed by atoms with van der Waals surface area (Å²) in [5.74, 6) is -0.133. The van der Waals surface area contributed by atoms with Crippen molar-refractivity contribution in [3.05, 3.63) is 43.3 Å². The predicted octanol–water partition coefficient (Wildman–Crippen LogP) is 2.56. The van der Waals surface area contributed by atoms with Gasteiger partial charge < -0.3 is 14.7 Å². The lowest BCUT2D eigenvalue weighted by Crippen LogP contribution is -3.08. The molecule has 2 aromatic rings. The number of carbonyl (C=O) groups excluding carboxylic acids is 1. The standard InChI is InChI=1S/C18H19IN2O3S/c1-3-24-18(23)16-13-6-7-21(2)10-15(13)25-17(16)20-9-11-8-12(19)4-5-14(11)22/h4-5,8-9,22H,3,6-7,10H2,1-2H3/p+1/b20-9+. The smallest absolute Gasteiger partial charge is 0.341 e. The number of phenols is 1. The number of thiophene rings is 1. The summed E-state index contributed by atoms with van der Waals surface area (Å²) in [5.41, 5.74) is 2.31. The molecular formula is C18H20IN2O3S+. The van der Waals surface area contributed by atoms with Crippen LogP contribution >= 0.6 is 33.9 Å². The number of aromatic hydroxyl groups is 1. The van der Waals surface area contributed by atoms with Crippen molar-refractivity contribution in [3.8, 4) is 5.75 Å². The molecule has 132 valence electrons. The molecule has 1 aromatic heterocycles. The molecule has 1 unspecified atom stereocenters. The molecule has 1 atom stereocenters. The number of ether oxygens (including phenoxy) is 1. The number of fused-ring (bicyclic) bond motifs is 1. The Kier molecular flexibility index (Phi) is 5.75. The molecular weight excluding hydrogens is 451 g/mol. The maximum Gasteiger partial charge on any atom is 0.341 e. The molecule has 0 saturated heterocycles. The van der Waals surface area contributed by atoms with Gasteiger partial charge in [0.2, 0.25) is 0 Å². The average Bonchev–Trinajstić information content (AvgIpc) is 2.93. The average molecular weight is 471 g/mol. The Labute approximate surface area is 164 Å². The Morgan fingerprint density at radius 1 is 1.52 bits per heavy atom. The number of phenolic OH excluding ortho intramolecular Hbond substituents is 1. The van der Waals surface area contributed by atoms with Crippen molar-refractivity contribution in [3.63, 3.8) is 0 Å². The molecule has 7 heteroatoms. The van der Waals surface area contributed by atoms with Gasteiger partial charge in [-0.05, 0) is 53.3 Å². The zero-order valence-corrected chi connectivity index (χ0v) is 17.1. The zero-order chi connectivity index (χ0) is 18.0. The van der Waals surface area contributed by atoms with Crippen LogP contribution in [0.2, 0.25) is 0 Å². The Balaban J connectivity index is 2.01. The minimum atomic E-state index is -0.307. The van der Waals surface area contributed by atoms with Crippen molar-refractivity contribution in [1.82, 2.24) is 0 Å². The van der Waals surface area contributed by atoms with Crippen molar-refractivity contribution in [2.24, 2.45) is 4.99 Å². The molecule has 0 amide bonds. The molecule has 0 fully saturated rings. The number of hydrogen-bond acceptors (Lipinski definition) is 5. The first kappa shape index (κ1) is 18.3. The highest BCUT2D eigenvalue weighted by atomic mass is 127. The number of benzene rings is 1. The number of likely N-dealkylation sites (N-methyl/N-ethyl adjacent to an activating group) is 1. The van der Waals surface area contributed by atoms with Gasteiger partial charge in [0.25, 0.3) is 0 Å². The maximum atomic E-state index is 12.5. The first-order chi connectivity index (χ1) is 12.0. The van der Waals surface area contributed by atoms with Crippen molar-refractivity contribution >= 4 is 51.1 Å². The van der Waals surface area contributed by atoms with Gasteiger partial charge in [0.1, 0.15) is 22.9 Å². The molecule has 25 heavy (non-hydrogen) atoms. The van der Waals surface area contributed by atoms with Crippen molar-refractivity contribution < 1.29 is 19.5 Å². The van der Waals surface area contributed by atoms with Gasteiger partial charge in [-0.3, -0.25) is 0 Å². The van der Waals surface area contributed by atoms with Crippen LogP contribution in [0.1, 0.15) is 33.3 Å². The van der Waals surface area contributed by atoms with E-state index in [2.05, 4.69) is 34.6 Å². The van der Waals surface area contributed by atoms with Gasteiger partial charge in [-0.1, -0.05) is 0 Å². The topological polar surface area (TPSA) is 63.3 Å². The van der Waals surface area contributed by atoms with Gasteiger partial charge in [-0.25, -0.2) is 9.79 Å². The third-order valence-corrected chi connectivity index (χ3v) is 5.94. The quantitative estimate of drug-likeness (QED) is 0.410. The van der Waals surface area contributed by atoms with E-state index in [0.29, 0.717) is 22.7 Å². The van der Waals surface area contributed by atoms with E-state index in [1.165, 1.54) is 9.78 Å². The second kappa shape index (κ2) is 7.84. The van der Waals surface area contributed by atoms with Crippen molar-refractivity contribution in [2.45, 2.75) is 19.9 Å². The summed E-state index contributed by atoms with van der Waals surface area (Å²) in [7, 11) is 2.15. The van der Waals surface area contributed by atoms with E-state index >= 15 is 0 Å². The van der Waals surface area contributed by atoms with E-state index in [0.717, 1.165) is 28.6 Å². The lowest BCUT2D eigenvalue weighted by Gasteiger charge is -2.19. The second-order valence-corrected chi connectivity index (χ2v) is 8.33. The van der Waals surface area contributed by atoms with Gasteiger partial charge in [-0.2, -0.15) is 0 Å². The first-order valence-corrected chi connectivity index (χ1v) is 10.0. The fraction of sp³-hybridized carbons (Fsp3) is 0.333. The molecule has 0 radical (unpaired) electrons. The molecule has 1 aliphatic heterocycles. The molecule has 0 saturated carbocycles. The number of quaternary nitrogens is 1. The molecule has 0 aliphatic carbocycles. The third-order valence-electron chi connectivity index (χ3n) is 4.13. The number of hydrogen-bond donors (Lipinski definition) is 2. The fourth-order valence-corrected chi connectivity index (χ4v) is 4.68. The minimum absolute atomic E-state index is 0.173. The van der Waals surface area contributed by atoms with E-state index < -0.39 is 0 Å². The van der Waals surface area contributed by atoms with E-state index in [1.807, 2.05) is 19.1 Å². The van der Waals surface area contributed by atoms with Crippen LogP contribution in [0, 0.1) is 3.57 Å². The highest BCUT2D eigenvalue weighted by molar-refractivity contribution is 14.1. The summed E-state index contributed by atoms with van der Waals surface area (Å²) in [6.07, 6.45) is 2.48. The predicted molar refractivity (Wildman–Crippen MR) is 108 cm³/mol. The SMILES string of the molecule is CCOC(=O)c1c(/N=C/c2cc(I)ccc2O)sc2c1CC[NH+](C)C2. The minimum Gasteiger partial charge on any atom is -0.507 e. The Morgan fingerprint density at radius 2 is 2.32 bits per heavy atom. The summed E-state index contributed by atoms with van der Waals surface area (Å²) in [5, 5.41) is 10.6. The second-order valence-electron chi connectivity index (χ2n) is 6.00. The normalized spacial score (nSPS) is 16.8. The third kappa shape index (κ3) is 4.04. The van der Waals surface area contributed by atoms with E-state index in [9.17, 15) is 9.90 Å². The van der Waals surface area contributed by atoms with Gasteiger partial charge in [0, 0.05) is 21.8 Å². The molecule has 2 heterocycles. The summed E-state index contributed by atoms with van der Waals surface area (Å²) in [6, 6.07) is 5.34. The van der Waals surface area contributed by atoms with E-state index in [1.54, 1.807) is 23.6 Å². The summed E-state index contributed by atoms with van der Waals surface area (Å²) >= 11 is 3.74.